The minimum Gasteiger partial charge on any atom is -0.463 e. The number of hydrogen-bond acceptors (Lipinski definition) is 5. The summed E-state index contributed by atoms with van der Waals surface area (Å²) in [5.41, 5.74) is 0. The number of aliphatic hydroxyl groups excluding tert-OH is 1. The maximum absolute atomic E-state index is 11.5. The minimum absolute atomic E-state index is 0.268. The van der Waals surface area contributed by atoms with E-state index in [4.69, 9.17) is 19.6 Å². The van der Waals surface area contributed by atoms with E-state index in [-0.39, 0.29) is 13.0 Å². The zero-order valence-corrected chi connectivity index (χ0v) is 15.6. The smallest absolute Gasteiger partial charge is 0.463 e. The van der Waals surface area contributed by atoms with E-state index in [0.29, 0.717) is 0 Å². The van der Waals surface area contributed by atoms with E-state index < -0.39 is 26.5 Å². The molecule has 0 aliphatic carbocycles. The zero-order valence-electron chi connectivity index (χ0n) is 14.7. The number of carbonyl (C=O) groups excluding carboxylic acids is 1. The Labute approximate surface area is 145 Å². The number of ether oxygens (including phenoxy) is 1. The summed E-state index contributed by atoms with van der Waals surface area (Å²) in [5.74, 6) is -0.442. The Kier molecular flexibility index (Phi) is 14.6. The standard InChI is InChI=1S/C16H33O7P/c1-2-3-4-5-6-7-8-9-10-11-12-16(18)22-14-15(13-17)23-24(19,20)21/h15,17H,2-14H2,1H3,(H2,19,20,21)/t15-/m0/s1. The van der Waals surface area contributed by atoms with E-state index in [1.165, 1.54) is 44.9 Å². The fourth-order valence-electron chi connectivity index (χ4n) is 2.33. The van der Waals surface area contributed by atoms with Gasteiger partial charge >= 0.3 is 13.8 Å². The van der Waals surface area contributed by atoms with Crippen molar-refractivity contribution in [2.24, 2.45) is 0 Å². The summed E-state index contributed by atoms with van der Waals surface area (Å²) < 4.78 is 19.8. The summed E-state index contributed by atoms with van der Waals surface area (Å²) in [4.78, 5) is 28.8. The Hall–Kier alpha value is -0.460. The molecule has 0 unspecified atom stereocenters. The first-order chi connectivity index (χ1) is 11.4. The lowest BCUT2D eigenvalue weighted by Gasteiger charge is -2.15. The molecule has 0 spiro atoms. The first-order valence-corrected chi connectivity index (χ1v) is 10.4. The number of phosphoric acid groups is 1. The molecule has 144 valence electrons. The average Bonchev–Trinajstić information content (AvgIpc) is 2.52. The zero-order chi connectivity index (χ0) is 18.3. The molecule has 0 rings (SSSR count). The highest BCUT2D eigenvalue weighted by molar-refractivity contribution is 7.46. The van der Waals surface area contributed by atoms with Gasteiger partial charge in [0.2, 0.25) is 0 Å². The second-order valence-electron chi connectivity index (χ2n) is 6.02. The van der Waals surface area contributed by atoms with Crippen molar-refractivity contribution in [3.8, 4) is 0 Å². The Bertz CT molecular complexity index is 356. The molecule has 0 aromatic rings. The molecule has 0 bridgehead atoms. The van der Waals surface area contributed by atoms with Crippen LogP contribution in [0.25, 0.3) is 0 Å². The molecular formula is C16H33O7P. The summed E-state index contributed by atoms with van der Waals surface area (Å²) in [6.45, 7) is 1.22. The van der Waals surface area contributed by atoms with Gasteiger partial charge in [0.15, 0.2) is 0 Å². The highest BCUT2D eigenvalue weighted by Crippen LogP contribution is 2.37. The molecule has 0 saturated carbocycles. The van der Waals surface area contributed by atoms with Crippen LogP contribution in [0.3, 0.4) is 0 Å². The number of esters is 1. The van der Waals surface area contributed by atoms with E-state index in [9.17, 15) is 9.36 Å². The number of aliphatic hydroxyl groups is 1. The van der Waals surface area contributed by atoms with Crippen molar-refractivity contribution in [1.82, 2.24) is 0 Å². The third-order valence-corrected chi connectivity index (χ3v) is 4.23. The maximum atomic E-state index is 11.5. The molecule has 0 fully saturated rings. The summed E-state index contributed by atoms with van der Waals surface area (Å²) in [5, 5.41) is 8.91. The maximum Gasteiger partial charge on any atom is 0.470 e. The van der Waals surface area contributed by atoms with Crippen LogP contribution in [0, 0.1) is 0 Å². The van der Waals surface area contributed by atoms with Crippen LogP contribution in [0.1, 0.15) is 77.6 Å². The molecule has 0 aliphatic heterocycles. The number of unbranched alkanes of at least 4 members (excludes halogenated alkanes) is 9. The van der Waals surface area contributed by atoms with Gasteiger partial charge in [-0.1, -0.05) is 64.7 Å². The summed E-state index contributed by atoms with van der Waals surface area (Å²) in [6, 6.07) is 0. The molecular weight excluding hydrogens is 335 g/mol. The van der Waals surface area contributed by atoms with Crippen LogP contribution in [0.4, 0.5) is 0 Å². The SMILES string of the molecule is CCCCCCCCCCCCC(=O)OC[C@H](CO)OP(=O)(O)O. The molecule has 0 aliphatic rings. The Morgan fingerprint density at radius 2 is 1.46 bits per heavy atom. The van der Waals surface area contributed by atoms with Crippen molar-refractivity contribution in [3.63, 3.8) is 0 Å². The fraction of sp³-hybridized carbons (Fsp3) is 0.938. The van der Waals surface area contributed by atoms with E-state index in [1.807, 2.05) is 0 Å². The van der Waals surface area contributed by atoms with E-state index >= 15 is 0 Å². The number of rotatable bonds is 16. The van der Waals surface area contributed by atoms with E-state index in [2.05, 4.69) is 11.4 Å². The predicted octanol–water partition coefficient (Wildman–Crippen LogP) is 3.31. The van der Waals surface area contributed by atoms with Gasteiger partial charge in [-0.2, -0.15) is 0 Å². The predicted molar refractivity (Wildman–Crippen MR) is 91.4 cm³/mol. The topological polar surface area (TPSA) is 113 Å². The number of hydrogen-bond donors (Lipinski definition) is 3. The molecule has 24 heavy (non-hydrogen) atoms. The van der Waals surface area contributed by atoms with Crippen molar-refractivity contribution in [2.75, 3.05) is 13.2 Å². The first-order valence-electron chi connectivity index (χ1n) is 8.89. The highest BCUT2D eigenvalue weighted by Gasteiger charge is 2.22. The van der Waals surface area contributed by atoms with Crippen molar-refractivity contribution in [3.05, 3.63) is 0 Å². The summed E-state index contributed by atoms with van der Waals surface area (Å²) >= 11 is 0. The lowest BCUT2D eigenvalue weighted by atomic mass is 10.1. The molecule has 3 N–H and O–H groups in total. The van der Waals surface area contributed by atoms with Crippen molar-refractivity contribution < 1.29 is 33.5 Å². The molecule has 0 radical (unpaired) electrons. The van der Waals surface area contributed by atoms with Gasteiger partial charge in [0.1, 0.15) is 12.7 Å². The third kappa shape index (κ3) is 16.4. The highest BCUT2D eigenvalue weighted by atomic mass is 31.2. The molecule has 7 nitrogen and oxygen atoms in total. The van der Waals surface area contributed by atoms with Gasteiger partial charge in [0, 0.05) is 6.42 Å². The van der Waals surface area contributed by atoms with E-state index in [0.717, 1.165) is 19.3 Å². The summed E-state index contributed by atoms with van der Waals surface area (Å²) in [7, 11) is -4.70. The number of phosphoric ester groups is 1. The Balaban J connectivity index is 3.51. The normalized spacial score (nSPS) is 13.0. The first kappa shape index (κ1) is 23.5. The molecule has 1 atom stereocenters. The van der Waals surface area contributed by atoms with Crippen LogP contribution in [-0.2, 0) is 18.6 Å². The van der Waals surface area contributed by atoms with Crippen LogP contribution in [0.5, 0.6) is 0 Å². The van der Waals surface area contributed by atoms with Crippen LogP contribution in [0.2, 0.25) is 0 Å². The molecule has 8 heteroatoms. The van der Waals surface area contributed by atoms with Gasteiger partial charge in [-0.3, -0.25) is 9.32 Å². The Morgan fingerprint density at radius 3 is 1.92 bits per heavy atom. The van der Waals surface area contributed by atoms with Crippen LogP contribution < -0.4 is 0 Å². The molecule has 0 aromatic carbocycles. The molecule has 0 heterocycles. The summed E-state index contributed by atoms with van der Waals surface area (Å²) in [6.07, 6.45) is 10.8. The number of carbonyl (C=O) groups is 1. The van der Waals surface area contributed by atoms with Gasteiger partial charge in [-0.15, -0.1) is 0 Å². The van der Waals surface area contributed by atoms with Crippen LogP contribution in [0.15, 0.2) is 0 Å². The van der Waals surface area contributed by atoms with Gasteiger partial charge < -0.3 is 19.6 Å². The quantitative estimate of drug-likeness (QED) is 0.218. The van der Waals surface area contributed by atoms with Gasteiger partial charge in [0.25, 0.3) is 0 Å². The molecule has 0 amide bonds. The lowest BCUT2D eigenvalue weighted by Crippen LogP contribution is -2.24. The average molecular weight is 368 g/mol. The minimum atomic E-state index is -4.70. The van der Waals surface area contributed by atoms with Crippen LogP contribution in [-0.4, -0.2) is 40.2 Å². The van der Waals surface area contributed by atoms with Crippen molar-refractivity contribution >= 4 is 13.8 Å². The third-order valence-electron chi connectivity index (χ3n) is 3.65. The van der Waals surface area contributed by atoms with Gasteiger partial charge in [0.05, 0.1) is 6.61 Å². The lowest BCUT2D eigenvalue weighted by molar-refractivity contribution is -0.147. The molecule has 0 saturated heterocycles. The van der Waals surface area contributed by atoms with Crippen LogP contribution >= 0.6 is 7.82 Å². The van der Waals surface area contributed by atoms with Gasteiger partial charge in [-0.25, -0.2) is 4.57 Å². The second-order valence-corrected chi connectivity index (χ2v) is 7.21. The van der Waals surface area contributed by atoms with Gasteiger partial charge in [-0.05, 0) is 6.42 Å². The monoisotopic (exact) mass is 368 g/mol. The van der Waals surface area contributed by atoms with Crippen molar-refractivity contribution in [2.45, 2.75) is 83.7 Å². The molecule has 0 aromatic heterocycles. The van der Waals surface area contributed by atoms with E-state index in [1.54, 1.807) is 0 Å². The second kappa shape index (κ2) is 14.8. The fourth-order valence-corrected chi connectivity index (χ4v) is 2.84. The Morgan fingerprint density at radius 1 is 0.958 bits per heavy atom. The van der Waals surface area contributed by atoms with Crippen molar-refractivity contribution in [1.29, 1.82) is 0 Å². The largest absolute Gasteiger partial charge is 0.470 e.